The molecule has 186 valence electrons. The van der Waals surface area contributed by atoms with Gasteiger partial charge in [0.1, 0.15) is 5.76 Å². The molecule has 2 N–H and O–H groups in total. The number of fused-ring (bicyclic) bond motifs is 1. The number of rotatable bonds is 7. The van der Waals surface area contributed by atoms with Crippen LogP contribution in [0.1, 0.15) is 62.9 Å². The van der Waals surface area contributed by atoms with Crippen molar-refractivity contribution in [3.8, 4) is 0 Å². The smallest absolute Gasteiger partial charge is 0.287 e. The molecule has 7 nitrogen and oxygen atoms in total. The molecule has 0 saturated carbocycles. The second-order valence-corrected chi connectivity index (χ2v) is 9.04. The Kier molecular flexibility index (Phi) is 7.21. The number of pyridine rings is 1. The summed E-state index contributed by atoms with van der Waals surface area (Å²) in [6, 6.07) is 23.1. The predicted molar refractivity (Wildman–Crippen MR) is 141 cm³/mol. The van der Waals surface area contributed by atoms with E-state index in [4.69, 9.17) is 4.42 Å². The quantitative estimate of drug-likeness (QED) is 0.359. The molecule has 2 heterocycles. The molecule has 0 radical (unpaired) electrons. The van der Waals surface area contributed by atoms with Crippen molar-refractivity contribution in [2.24, 2.45) is 5.10 Å². The molecular weight excluding hydrogens is 464 g/mol. The molecule has 0 aliphatic heterocycles. The molecule has 2 aromatic carbocycles. The molecule has 2 amide bonds. The Hall–Kier alpha value is -4.52. The lowest BCUT2D eigenvalue weighted by Crippen LogP contribution is -2.28. The topological polar surface area (TPSA) is 96.6 Å². The van der Waals surface area contributed by atoms with Crippen LogP contribution in [0.25, 0.3) is 0 Å². The summed E-state index contributed by atoms with van der Waals surface area (Å²) >= 11 is 0. The van der Waals surface area contributed by atoms with Crippen molar-refractivity contribution < 1.29 is 14.0 Å². The lowest BCUT2D eigenvalue weighted by molar-refractivity contribution is -0.121. The van der Waals surface area contributed by atoms with Crippen molar-refractivity contribution in [3.05, 3.63) is 125 Å². The molecule has 2 aromatic heterocycles. The van der Waals surface area contributed by atoms with Gasteiger partial charge in [-0.15, -0.1) is 0 Å². The number of amides is 2. The molecule has 0 atom stereocenters. The van der Waals surface area contributed by atoms with E-state index in [1.807, 2.05) is 79.7 Å². The summed E-state index contributed by atoms with van der Waals surface area (Å²) in [5, 5.41) is 7.44. The van der Waals surface area contributed by atoms with Gasteiger partial charge < -0.3 is 9.73 Å². The van der Waals surface area contributed by atoms with Crippen LogP contribution in [0.2, 0.25) is 0 Å². The van der Waals surface area contributed by atoms with Crippen molar-refractivity contribution in [1.82, 2.24) is 15.7 Å². The van der Waals surface area contributed by atoms with E-state index in [1.165, 1.54) is 0 Å². The van der Waals surface area contributed by atoms with Gasteiger partial charge in [0.05, 0.1) is 11.6 Å². The van der Waals surface area contributed by atoms with Gasteiger partial charge in [-0.1, -0.05) is 66.7 Å². The lowest BCUT2D eigenvalue weighted by Gasteiger charge is -2.18. The van der Waals surface area contributed by atoms with Crippen LogP contribution < -0.4 is 10.7 Å². The molecule has 1 aliphatic rings. The number of hydrazone groups is 1. The average molecular weight is 493 g/mol. The predicted octanol–water partition coefficient (Wildman–Crippen LogP) is 4.90. The Morgan fingerprint density at radius 1 is 0.973 bits per heavy atom. The summed E-state index contributed by atoms with van der Waals surface area (Å²) in [6.07, 6.45) is 5.64. The summed E-state index contributed by atoms with van der Waals surface area (Å²) in [5.74, 6) is 0.0150. The molecule has 37 heavy (non-hydrogen) atoms. The van der Waals surface area contributed by atoms with Gasteiger partial charge in [0.2, 0.25) is 0 Å². The number of hydrogen-bond acceptors (Lipinski definition) is 5. The maximum Gasteiger partial charge on any atom is 0.287 e. The SMILES string of the molecule is Cc1c(C(=O)NCc2cccnc2)oc2c1/C(=N/NC(=O)C(c1ccccc1)c1ccccc1)CCC2. The fourth-order valence-corrected chi connectivity index (χ4v) is 4.74. The van der Waals surface area contributed by atoms with E-state index in [9.17, 15) is 9.59 Å². The third-order valence-electron chi connectivity index (χ3n) is 6.54. The molecule has 1 aliphatic carbocycles. The fourth-order valence-electron chi connectivity index (χ4n) is 4.74. The summed E-state index contributed by atoms with van der Waals surface area (Å²) < 4.78 is 5.99. The van der Waals surface area contributed by atoms with Gasteiger partial charge in [-0.05, 0) is 42.5 Å². The Balaban J connectivity index is 1.37. The number of benzene rings is 2. The number of furan rings is 1. The maximum absolute atomic E-state index is 13.4. The van der Waals surface area contributed by atoms with E-state index < -0.39 is 5.92 Å². The van der Waals surface area contributed by atoms with Crippen LogP contribution in [0.15, 0.2) is 94.7 Å². The zero-order valence-electron chi connectivity index (χ0n) is 20.6. The highest BCUT2D eigenvalue weighted by atomic mass is 16.4. The van der Waals surface area contributed by atoms with Crippen LogP contribution in [0.5, 0.6) is 0 Å². The lowest BCUT2D eigenvalue weighted by atomic mass is 9.90. The number of carbonyl (C=O) groups is 2. The molecule has 7 heteroatoms. The highest BCUT2D eigenvalue weighted by molar-refractivity contribution is 6.06. The molecule has 0 unspecified atom stereocenters. The second kappa shape index (κ2) is 11.0. The van der Waals surface area contributed by atoms with E-state index in [1.54, 1.807) is 12.4 Å². The fraction of sp³-hybridized carbons (Fsp3) is 0.200. The van der Waals surface area contributed by atoms with Crippen LogP contribution in [-0.2, 0) is 17.8 Å². The van der Waals surface area contributed by atoms with Gasteiger partial charge in [-0.3, -0.25) is 14.6 Å². The highest BCUT2D eigenvalue weighted by Crippen LogP contribution is 2.30. The maximum atomic E-state index is 13.4. The van der Waals surface area contributed by atoms with E-state index in [0.717, 1.165) is 52.1 Å². The number of aromatic nitrogens is 1. The second-order valence-electron chi connectivity index (χ2n) is 9.04. The van der Waals surface area contributed by atoms with Crippen LogP contribution in [0.4, 0.5) is 0 Å². The largest absolute Gasteiger partial charge is 0.455 e. The van der Waals surface area contributed by atoms with Crippen molar-refractivity contribution in [2.75, 3.05) is 0 Å². The van der Waals surface area contributed by atoms with E-state index in [2.05, 4.69) is 20.8 Å². The Morgan fingerprint density at radius 3 is 2.32 bits per heavy atom. The van der Waals surface area contributed by atoms with E-state index in [-0.39, 0.29) is 17.6 Å². The van der Waals surface area contributed by atoms with Crippen molar-refractivity contribution in [2.45, 2.75) is 38.6 Å². The first-order valence-corrected chi connectivity index (χ1v) is 12.4. The highest BCUT2D eigenvalue weighted by Gasteiger charge is 2.29. The molecule has 0 bridgehead atoms. The van der Waals surface area contributed by atoms with Crippen LogP contribution in [-0.4, -0.2) is 22.5 Å². The molecule has 0 saturated heterocycles. The number of hydrogen-bond donors (Lipinski definition) is 2. The molecule has 0 fully saturated rings. The summed E-state index contributed by atoms with van der Waals surface area (Å²) in [4.78, 5) is 30.4. The Morgan fingerprint density at radius 2 is 1.68 bits per heavy atom. The van der Waals surface area contributed by atoms with E-state index in [0.29, 0.717) is 13.0 Å². The Bertz CT molecular complexity index is 1370. The minimum absolute atomic E-state index is 0.215. The summed E-state index contributed by atoms with van der Waals surface area (Å²) in [6.45, 7) is 2.22. The third-order valence-corrected chi connectivity index (χ3v) is 6.54. The van der Waals surface area contributed by atoms with Crippen LogP contribution in [0, 0.1) is 6.92 Å². The monoisotopic (exact) mass is 492 g/mol. The molecule has 0 spiro atoms. The standard InChI is InChI=1S/C30H28N4O3/c1-20-26-24(15-8-16-25(26)37-28(20)30(36)32-19-21-10-9-17-31-18-21)33-34-29(35)27(22-11-4-2-5-12-22)23-13-6-3-7-14-23/h2-7,9-14,17-18,27H,8,15-16,19H2,1H3,(H,32,36)(H,34,35)/b33-24+. The molecular formula is C30H28N4O3. The van der Waals surface area contributed by atoms with Crippen molar-refractivity contribution >= 4 is 17.5 Å². The first kappa shape index (κ1) is 24.2. The van der Waals surface area contributed by atoms with Crippen molar-refractivity contribution in [3.63, 3.8) is 0 Å². The van der Waals surface area contributed by atoms with Gasteiger partial charge in [0, 0.05) is 36.5 Å². The summed E-state index contributed by atoms with van der Waals surface area (Å²) in [5.41, 5.74) is 7.76. The van der Waals surface area contributed by atoms with Crippen molar-refractivity contribution in [1.29, 1.82) is 0 Å². The van der Waals surface area contributed by atoms with Gasteiger partial charge in [0.15, 0.2) is 5.76 Å². The first-order valence-electron chi connectivity index (χ1n) is 12.4. The van der Waals surface area contributed by atoms with Gasteiger partial charge in [-0.25, -0.2) is 5.43 Å². The summed E-state index contributed by atoms with van der Waals surface area (Å²) in [7, 11) is 0. The first-order chi connectivity index (χ1) is 18.1. The zero-order valence-corrected chi connectivity index (χ0v) is 20.6. The van der Waals surface area contributed by atoms with Crippen LogP contribution >= 0.6 is 0 Å². The van der Waals surface area contributed by atoms with Gasteiger partial charge in [-0.2, -0.15) is 5.10 Å². The number of carbonyl (C=O) groups excluding carboxylic acids is 2. The minimum atomic E-state index is -0.492. The molecule has 5 rings (SSSR count). The third kappa shape index (κ3) is 5.35. The number of nitrogens with zero attached hydrogens (tertiary/aromatic N) is 2. The number of aryl methyl sites for hydroxylation is 1. The molecule has 4 aromatic rings. The minimum Gasteiger partial charge on any atom is -0.455 e. The van der Waals surface area contributed by atoms with Crippen LogP contribution in [0.3, 0.4) is 0 Å². The normalized spacial score (nSPS) is 13.8. The average Bonchev–Trinajstić information content (AvgIpc) is 3.29. The van der Waals surface area contributed by atoms with E-state index >= 15 is 0 Å². The van der Waals surface area contributed by atoms with Gasteiger partial charge >= 0.3 is 0 Å². The number of nitrogens with one attached hydrogen (secondary N) is 2. The van der Waals surface area contributed by atoms with Gasteiger partial charge in [0.25, 0.3) is 11.8 Å². The Labute approximate surface area is 215 Å². The zero-order chi connectivity index (χ0) is 25.6.